The van der Waals surface area contributed by atoms with E-state index in [2.05, 4.69) is 35.5 Å². The highest BCUT2D eigenvalue weighted by molar-refractivity contribution is 7.17. The summed E-state index contributed by atoms with van der Waals surface area (Å²) in [6.07, 6.45) is 8.68. The van der Waals surface area contributed by atoms with Crippen molar-refractivity contribution in [3.8, 4) is 33.3 Å². The summed E-state index contributed by atoms with van der Waals surface area (Å²) >= 11 is 1.40. The Morgan fingerprint density at radius 3 is 2.74 bits per heavy atom. The second-order valence-electron chi connectivity index (χ2n) is 9.27. The lowest BCUT2D eigenvalue weighted by Crippen LogP contribution is -2.13. The van der Waals surface area contributed by atoms with Gasteiger partial charge in [0.1, 0.15) is 16.9 Å². The van der Waals surface area contributed by atoms with Gasteiger partial charge >= 0.3 is 0 Å². The van der Waals surface area contributed by atoms with Crippen LogP contribution in [0.5, 0.6) is 0 Å². The van der Waals surface area contributed by atoms with Gasteiger partial charge in [-0.05, 0) is 50.1 Å². The lowest BCUT2D eigenvalue weighted by atomic mass is 10.1. The fourth-order valence-corrected chi connectivity index (χ4v) is 5.27. The molecule has 3 N–H and O–H groups in total. The average molecular weight is 521 g/mol. The minimum absolute atomic E-state index is 0.0228. The summed E-state index contributed by atoms with van der Waals surface area (Å²) in [6.45, 7) is 1.55. The molecule has 38 heavy (non-hydrogen) atoms. The molecule has 6 aromatic rings. The van der Waals surface area contributed by atoms with Gasteiger partial charge in [0, 0.05) is 29.3 Å². The van der Waals surface area contributed by atoms with E-state index in [-0.39, 0.29) is 17.6 Å². The first-order valence-corrected chi connectivity index (χ1v) is 12.9. The summed E-state index contributed by atoms with van der Waals surface area (Å²) in [5, 5.41) is 11.3. The number of hydrogen-bond donors (Lipinski definition) is 3. The van der Waals surface area contributed by atoms with Gasteiger partial charge in [-0.2, -0.15) is 5.10 Å². The van der Waals surface area contributed by atoms with Crippen LogP contribution in [-0.4, -0.2) is 46.8 Å². The Hall–Kier alpha value is -4.77. The van der Waals surface area contributed by atoms with Crippen LogP contribution < -0.4 is 5.32 Å². The fourth-order valence-electron chi connectivity index (χ4n) is 4.38. The molecular formula is C27H20N8O2S. The third-order valence-corrected chi connectivity index (χ3v) is 7.70. The second-order valence-corrected chi connectivity index (χ2v) is 10.4. The molecule has 6 aromatic heterocycles. The van der Waals surface area contributed by atoms with Crippen LogP contribution in [0.15, 0.2) is 55.1 Å². The molecule has 186 valence electrons. The molecule has 0 bridgehead atoms. The molecule has 1 aliphatic carbocycles. The SMILES string of the molecule is CC(=O)c1ccc(-c2nccc3[nH]c(-c4n[nH]c5cnc(-c6cncc(NC(=O)C7CC7)c6)cc45)nc23)s1. The molecule has 7 rings (SSSR count). The maximum atomic E-state index is 12.2. The molecule has 0 aliphatic heterocycles. The molecule has 10 nitrogen and oxygen atoms in total. The van der Waals surface area contributed by atoms with Gasteiger partial charge in [0.15, 0.2) is 11.6 Å². The molecule has 0 atom stereocenters. The van der Waals surface area contributed by atoms with Gasteiger partial charge in [-0.3, -0.25) is 29.6 Å². The highest BCUT2D eigenvalue weighted by atomic mass is 32.1. The van der Waals surface area contributed by atoms with Crippen LogP contribution in [0.1, 0.15) is 29.4 Å². The summed E-state index contributed by atoms with van der Waals surface area (Å²) in [4.78, 5) is 47.2. The molecule has 0 aromatic carbocycles. The van der Waals surface area contributed by atoms with Crippen molar-refractivity contribution in [3.05, 3.63) is 60.0 Å². The zero-order valence-electron chi connectivity index (χ0n) is 20.1. The number of nitrogens with one attached hydrogen (secondary N) is 3. The number of thiophene rings is 1. The van der Waals surface area contributed by atoms with Crippen LogP contribution in [-0.2, 0) is 4.79 Å². The van der Waals surface area contributed by atoms with E-state index < -0.39 is 0 Å². The van der Waals surface area contributed by atoms with E-state index in [1.165, 1.54) is 11.3 Å². The first kappa shape index (κ1) is 22.4. The number of fused-ring (bicyclic) bond motifs is 2. The number of pyridine rings is 3. The normalized spacial score (nSPS) is 13.3. The van der Waals surface area contributed by atoms with Crippen LogP contribution in [0.2, 0.25) is 0 Å². The Labute approximate surface area is 219 Å². The van der Waals surface area contributed by atoms with Crippen LogP contribution in [0.3, 0.4) is 0 Å². The highest BCUT2D eigenvalue weighted by Crippen LogP contribution is 2.35. The number of aromatic nitrogens is 7. The highest BCUT2D eigenvalue weighted by Gasteiger charge is 2.29. The zero-order chi connectivity index (χ0) is 25.8. The maximum absolute atomic E-state index is 12.2. The van der Waals surface area contributed by atoms with E-state index >= 15 is 0 Å². The smallest absolute Gasteiger partial charge is 0.227 e. The monoisotopic (exact) mass is 520 g/mol. The lowest BCUT2D eigenvalue weighted by molar-refractivity contribution is -0.117. The zero-order valence-corrected chi connectivity index (χ0v) is 21.0. The van der Waals surface area contributed by atoms with Gasteiger partial charge in [-0.15, -0.1) is 11.3 Å². The van der Waals surface area contributed by atoms with Crippen LogP contribution in [0.25, 0.3) is 55.3 Å². The summed E-state index contributed by atoms with van der Waals surface area (Å²) in [5.41, 5.74) is 5.76. The van der Waals surface area contributed by atoms with Gasteiger partial charge in [-0.1, -0.05) is 0 Å². The molecular weight excluding hydrogens is 500 g/mol. The third kappa shape index (κ3) is 3.93. The van der Waals surface area contributed by atoms with Crippen molar-refractivity contribution in [2.75, 3.05) is 5.32 Å². The molecule has 1 saturated carbocycles. The largest absolute Gasteiger partial charge is 0.336 e. The van der Waals surface area contributed by atoms with Gasteiger partial charge in [0.2, 0.25) is 5.91 Å². The molecule has 1 amide bonds. The summed E-state index contributed by atoms with van der Waals surface area (Å²) in [6, 6.07) is 9.38. The number of Topliss-reactive ketones (excluding diaryl/α,β-unsaturated/α-hetero) is 1. The molecule has 0 radical (unpaired) electrons. The predicted octanol–water partition coefficient (Wildman–Crippen LogP) is 5.24. The number of carbonyl (C=O) groups excluding carboxylic acids is 2. The van der Waals surface area contributed by atoms with E-state index in [1.54, 1.807) is 31.7 Å². The molecule has 0 saturated heterocycles. The number of amides is 1. The fraction of sp³-hybridized carbons (Fsp3) is 0.148. The number of ketones is 1. The number of carbonyl (C=O) groups is 2. The number of H-pyrrole nitrogens is 2. The van der Waals surface area contributed by atoms with Crippen molar-refractivity contribution < 1.29 is 9.59 Å². The Balaban J connectivity index is 1.27. The van der Waals surface area contributed by atoms with E-state index in [9.17, 15) is 9.59 Å². The van der Waals surface area contributed by atoms with Gasteiger partial charge in [0.05, 0.1) is 44.6 Å². The maximum Gasteiger partial charge on any atom is 0.227 e. The molecule has 1 aliphatic rings. The number of anilines is 1. The average Bonchev–Trinajstić information content (AvgIpc) is 3.32. The minimum Gasteiger partial charge on any atom is -0.336 e. The number of nitrogens with zero attached hydrogens (tertiary/aromatic N) is 5. The predicted molar refractivity (Wildman–Crippen MR) is 145 cm³/mol. The summed E-state index contributed by atoms with van der Waals surface area (Å²) in [5.74, 6) is 0.750. The number of aromatic amines is 2. The number of rotatable bonds is 6. The van der Waals surface area contributed by atoms with Gasteiger partial charge < -0.3 is 10.3 Å². The minimum atomic E-state index is 0.0228. The Kier molecular flexibility index (Phi) is 5.11. The Bertz CT molecular complexity index is 1880. The lowest BCUT2D eigenvalue weighted by Gasteiger charge is -2.06. The molecule has 6 heterocycles. The van der Waals surface area contributed by atoms with Crippen molar-refractivity contribution in [1.29, 1.82) is 0 Å². The van der Waals surface area contributed by atoms with Crippen LogP contribution >= 0.6 is 11.3 Å². The number of imidazole rings is 1. The first-order chi connectivity index (χ1) is 18.5. The Morgan fingerprint density at radius 2 is 1.92 bits per heavy atom. The topological polar surface area (TPSA) is 142 Å². The first-order valence-electron chi connectivity index (χ1n) is 12.1. The van der Waals surface area contributed by atoms with Crippen molar-refractivity contribution >= 4 is 50.7 Å². The second kappa shape index (κ2) is 8.67. The van der Waals surface area contributed by atoms with E-state index in [0.717, 1.165) is 39.7 Å². The van der Waals surface area contributed by atoms with Crippen molar-refractivity contribution in [3.63, 3.8) is 0 Å². The van der Waals surface area contributed by atoms with Crippen molar-refractivity contribution in [1.82, 2.24) is 35.1 Å². The van der Waals surface area contributed by atoms with Gasteiger partial charge in [-0.25, -0.2) is 4.98 Å². The van der Waals surface area contributed by atoms with Crippen molar-refractivity contribution in [2.24, 2.45) is 5.92 Å². The molecule has 0 unspecified atom stereocenters. The number of hydrogen-bond acceptors (Lipinski definition) is 8. The summed E-state index contributed by atoms with van der Waals surface area (Å²) in [7, 11) is 0. The molecule has 1 fully saturated rings. The van der Waals surface area contributed by atoms with E-state index in [0.29, 0.717) is 39.0 Å². The van der Waals surface area contributed by atoms with Gasteiger partial charge in [0.25, 0.3) is 0 Å². The Morgan fingerprint density at radius 1 is 1.03 bits per heavy atom. The molecule has 11 heteroatoms. The summed E-state index contributed by atoms with van der Waals surface area (Å²) < 4.78 is 0. The molecule has 0 spiro atoms. The quantitative estimate of drug-likeness (QED) is 0.255. The third-order valence-electron chi connectivity index (χ3n) is 6.51. The van der Waals surface area contributed by atoms with Crippen LogP contribution in [0, 0.1) is 5.92 Å². The van der Waals surface area contributed by atoms with Crippen LogP contribution in [0.4, 0.5) is 5.69 Å². The van der Waals surface area contributed by atoms with E-state index in [1.807, 2.05) is 30.3 Å². The standard InChI is InChI=1S/C27H20N8O2S/c1-13(36)21-4-5-22(38-21)25-24-18(6-7-29-25)32-26(33-24)23-17-9-19(30-12-20(17)34-35-23)15-8-16(11-28-10-15)31-27(37)14-2-3-14/h4-12,14H,2-3H2,1H3,(H,31,37)(H,32,33)(H,34,35). The van der Waals surface area contributed by atoms with E-state index in [4.69, 9.17) is 4.98 Å². The van der Waals surface area contributed by atoms with Crippen molar-refractivity contribution in [2.45, 2.75) is 19.8 Å².